The third kappa shape index (κ3) is 5.80. The van der Waals surface area contributed by atoms with Crippen molar-refractivity contribution in [3.8, 4) is 0 Å². The molecule has 1 atom stereocenters. The van der Waals surface area contributed by atoms with Gasteiger partial charge in [-0.05, 0) is 19.2 Å². The first-order valence-corrected chi connectivity index (χ1v) is 7.57. The fraction of sp³-hybridized carbons (Fsp3) is 0.833. The maximum absolute atomic E-state index is 11.9. The van der Waals surface area contributed by atoms with Crippen LogP contribution in [0.25, 0.3) is 0 Å². The molecule has 1 fully saturated rings. The standard InChI is InChI=1S/C12H23N3O3S/c1-14-4-6-15(7-5-14)11(16)9-19-8-3-10(13)12(17)18-2/h10H,3-9,13H2,1-2H3. The molecule has 1 aliphatic rings. The summed E-state index contributed by atoms with van der Waals surface area (Å²) in [5, 5.41) is 0. The van der Waals surface area contributed by atoms with Crippen molar-refractivity contribution in [2.75, 3.05) is 51.8 Å². The Balaban J connectivity index is 2.12. The van der Waals surface area contributed by atoms with Crippen LogP contribution in [0.4, 0.5) is 0 Å². The van der Waals surface area contributed by atoms with Gasteiger partial charge < -0.3 is 20.3 Å². The second kappa shape index (κ2) is 8.39. The summed E-state index contributed by atoms with van der Waals surface area (Å²) >= 11 is 1.52. The van der Waals surface area contributed by atoms with Crippen LogP contribution in [0, 0.1) is 0 Å². The van der Waals surface area contributed by atoms with Crippen LogP contribution in [0.15, 0.2) is 0 Å². The van der Waals surface area contributed by atoms with Gasteiger partial charge in [0.25, 0.3) is 0 Å². The van der Waals surface area contributed by atoms with Gasteiger partial charge in [-0.3, -0.25) is 9.59 Å². The van der Waals surface area contributed by atoms with Gasteiger partial charge >= 0.3 is 5.97 Å². The highest BCUT2D eigenvalue weighted by molar-refractivity contribution is 7.99. The number of nitrogens with zero attached hydrogens (tertiary/aromatic N) is 2. The molecule has 0 radical (unpaired) electrons. The van der Waals surface area contributed by atoms with Gasteiger partial charge in [0.1, 0.15) is 6.04 Å². The number of carbonyl (C=O) groups excluding carboxylic acids is 2. The molecular formula is C12H23N3O3S. The number of nitrogens with two attached hydrogens (primary N) is 1. The van der Waals surface area contributed by atoms with E-state index in [2.05, 4.69) is 16.7 Å². The van der Waals surface area contributed by atoms with Crippen LogP contribution in [-0.2, 0) is 14.3 Å². The molecule has 6 nitrogen and oxygen atoms in total. The number of piperazine rings is 1. The van der Waals surface area contributed by atoms with Crippen molar-refractivity contribution in [3.63, 3.8) is 0 Å². The van der Waals surface area contributed by atoms with Crippen molar-refractivity contribution in [1.82, 2.24) is 9.80 Å². The molecule has 1 amide bonds. The maximum atomic E-state index is 11.9. The van der Waals surface area contributed by atoms with E-state index in [1.807, 2.05) is 4.90 Å². The minimum Gasteiger partial charge on any atom is -0.468 e. The van der Waals surface area contributed by atoms with E-state index in [0.717, 1.165) is 26.2 Å². The van der Waals surface area contributed by atoms with Gasteiger partial charge in [0.2, 0.25) is 5.91 Å². The lowest BCUT2D eigenvalue weighted by molar-refractivity contribution is -0.142. The van der Waals surface area contributed by atoms with Gasteiger partial charge in [0.05, 0.1) is 12.9 Å². The van der Waals surface area contributed by atoms with Crippen molar-refractivity contribution in [2.45, 2.75) is 12.5 Å². The molecule has 19 heavy (non-hydrogen) atoms. The van der Waals surface area contributed by atoms with Crippen molar-refractivity contribution >= 4 is 23.6 Å². The molecule has 0 aromatic carbocycles. The summed E-state index contributed by atoms with van der Waals surface area (Å²) in [5.41, 5.74) is 5.61. The van der Waals surface area contributed by atoms with Gasteiger partial charge in [0, 0.05) is 26.2 Å². The van der Waals surface area contributed by atoms with Crippen LogP contribution in [0.1, 0.15) is 6.42 Å². The highest BCUT2D eigenvalue weighted by atomic mass is 32.2. The molecule has 0 aromatic rings. The summed E-state index contributed by atoms with van der Waals surface area (Å²) in [5.74, 6) is 0.920. The molecule has 2 N–H and O–H groups in total. The summed E-state index contributed by atoms with van der Waals surface area (Å²) in [7, 11) is 3.39. The Morgan fingerprint density at radius 2 is 1.95 bits per heavy atom. The average molecular weight is 289 g/mol. The molecule has 1 saturated heterocycles. The first kappa shape index (κ1) is 16.3. The summed E-state index contributed by atoms with van der Waals surface area (Å²) in [6.45, 7) is 3.47. The highest BCUT2D eigenvalue weighted by Gasteiger charge is 2.19. The number of hydrogen-bond donors (Lipinski definition) is 1. The minimum atomic E-state index is -0.587. The van der Waals surface area contributed by atoms with E-state index in [1.165, 1.54) is 18.9 Å². The van der Waals surface area contributed by atoms with Crippen molar-refractivity contribution in [1.29, 1.82) is 0 Å². The zero-order valence-electron chi connectivity index (χ0n) is 11.6. The lowest BCUT2D eigenvalue weighted by Crippen LogP contribution is -2.47. The number of likely N-dealkylation sites (N-methyl/N-ethyl adjacent to an activating group) is 1. The number of thioether (sulfide) groups is 1. The second-order valence-corrected chi connectivity index (χ2v) is 5.76. The van der Waals surface area contributed by atoms with Crippen molar-refractivity contribution in [2.24, 2.45) is 5.73 Å². The molecule has 1 aliphatic heterocycles. The molecule has 0 bridgehead atoms. The van der Waals surface area contributed by atoms with Crippen molar-refractivity contribution in [3.05, 3.63) is 0 Å². The van der Waals surface area contributed by atoms with E-state index in [4.69, 9.17) is 5.73 Å². The quantitative estimate of drug-likeness (QED) is 0.519. The van der Waals surface area contributed by atoms with Gasteiger partial charge in [-0.1, -0.05) is 0 Å². The van der Waals surface area contributed by atoms with Gasteiger partial charge in [0.15, 0.2) is 0 Å². The fourth-order valence-electron chi connectivity index (χ4n) is 1.79. The Labute approximate surface area is 118 Å². The first-order valence-electron chi connectivity index (χ1n) is 6.42. The van der Waals surface area contributed by atoms with E-state index in [-0.39, 0.29) is 5.91 Å². The third-order valence-electron chi connectivity index (χ3n) is 3.16. The van der Waals surface area contributed by atoms with Crippen LogP contribution in [0.5, 0.6) is 0 Å². The Kier molecular flexibility index (Phi) is 7.19. The fourth-order valence-corrected chi connectivity index (χ4v) is 2.71. The van der Waals surface area contributed by atoms with Crippen molar-refractivity contribution < 1.29 is 14.3 Å². The molecule has 1 rings (SSSR count). The summed E-state index contributed by atoms with van der Waals surface area (Å²) < 4.78 is 4.54. The topological polar surface area (TPSA) is 75.9 Å². The Bertz CT molecular complexity index is 307. The number of ether oxygens (including phenoxy) is 1. The van der Waals surface area contributed by atoms with Gasteiger partial charge in [-0.25, -0.2) is 0 Å². The molecule has 110 valence electrons. The van der Waals surface area contributed by atoms with E-state index >= 15 is 0 Å². The third-order valence-corrected chi connectivity index (χ3v) is 4.13. The molecule has 0 spiro atoms. The molecule has 0 aliphatic carbocycles. The Morgan fingerprint density at radius 1 is 1.32 bits per heavy atom. The number of carbonyl (C=O) groups is 2. The monoisotopic (exact) mass is 289 g/mol. The van der Waals surface area contributed by atoms with Gasteiger partial charge in [-0.2, -0.15) is 11.8 Å². The molecule has 1 heterocycles. The summed E-state index contributed by atoms with van der Waals surface area (Å²) in [6, 6.07) is -0.587. The molecule has 0 saturated carbocycles. The lowest BCUT2D eigenvalue weighted by atomic mass is 10.2. The number of hydrogen-bond acceptors (Lipinski definition) is 6. The second-order valence-electron chi connectivity index (χ2n) is 4.65. The van der Waals surface area contributed by atoms with Crippen LogP contribution in [0.3, 0.4) is 0 Å². The van der Waals surface area contributed by atoms with Crippen LogP contribution < -0.4 is 5.73 Å². The average Bonchev–Trinajstić information content (AvgIpc) is 2.42. The minimum absolute atomic E-state index is 0.171. The van der Waals surface area contributed by atoms with E-state index in [0.29, 0.717) is 17.9 Å². The number of esters is 1. The van der Waals surface area contributed by atoms with Crippen LogP contribution >= 0.6 is 11.8 Å². The Morgan fingerprint density at radius 3 is 2.53 bits per heavy atom. The SMILES string of the molecule is COC(=O)C(N)CCSCC(=O)N1CCN(C)CC1. The number of rotatable bonds is 6. The van der Waals surface area contributed by atoms with E-state index in [1.54, 1.807) is 0 Å². The summed E-state index contributed by atoms with van der Waals surface area (Å²) in [4.78, 5) is 27.1. The molecule has 7 heteroatoms. The number of amides is 1. The van der Waals surface area contributed by atoms with E-state index in [9.17, 15) is 9.59 Å². The predicted octanol–water partition coefficient (Wildman–Crippen LogP) is -0.616. The lowest BCUT2D eigenvalue weighted by Gasteiger charge is -2.32. The zero-order valence-corrected chi connectivity index (χ0v) is 12.4. The Hall–Kier alpha value is -0.790. The predicted molar refractivity (Wildman–Crippen MR) is 76.0 cm³/mol. The zero-order chi connectivity index (χ0) is 14.3. The molecule has 1 unspecified atom stereocenters. The van der Waals surface area contributed by atoms with Crippen LogP contribution in [0.2, 0.25) is 0 Å². The summed E-state index contributed by atoms with van der Waals surface area (Å²) in [6.07, 6.45) is 0.535. The normalized spacial score (nSPS) is 18.2. The van der Waals surface area contributed by atoms with Gasteiger partial charge in [-0.15, -0.1) is 0 Å². The van der Waals surface area contributed by atoms with E-state index < -0.39 is 12.0 Å². The molecular weight excluding hydrogens is 266 g/mol. The largest absolute Gasteiger partial charge is 0.468 e. The first-order chi connectivity index (χ1) is 9.04. The molecule has 0 aromatic heterocycles. The number of methoxy groups -OCH3 is 1. The maximum Gasteiger partial charge on any atom is 0.322 e. The van der Waals surface area contributed by atoms with Crippen LogP contribution in [-0.4, -0.2) is 79.6 Å². The highest BCUT2D eigenvalue weighted by Crippen LogP contribution is 2.08. The smallest absolute Gasteiger partial charge is 0.322 e.